The fourth-order valence-electron chi connectivity index (χ4n) is 3.58. The molecule has 0 aromatic heterocycles. The van der Waals surface area contributed by atoms with E-state index >= 15 is 0 Å². The number of benzene rings is 2. The van der Waals surface area contributed by atoms with Gasteiger partial charge in [-0.2, -0.15) is 0 Å². The van der Waals surface area contributed by atoms with Crippen molar-refractivity contribution in [2.75, 3.05) is 19.7 Å². The number of halogens is 1. The van der Waals surface area contributed by atoms with Crippen LogP contribution in [-0.4, -0.2) is 19.7 Å². The summed E-state index contributed by atoms with van der Waals surface area (Å²) < 4.78 is 5.84. The Morgan fingerprint density at radius 1 is 1.14 bits per heavy atom. The van der Waals surface area contributed by atoms with E-state index in [1.165, 1.54) is 11.1 Å². The summed E-state index contributed by atoms with van der Waals surface area (Å²) in [4.78, 5) is 0. The Labute approximate surface area is 130 Å². The van der Waals surface area contributed by atoms with Gasteiger partial charge in [-0.3, -0.25) is 0 Å². The zero-order chi connectivity index (χ0) is 14.3. The largest absolute Gasteiger partial charge is 0.493 e. The summed E-state index contributed by atoms with van der Waals surface area (Å²) in [5.74, 6) is 1.53. The maximum absolute atomic E-state index is 6.18. The second kappa shape index (κ2) is 5.04. The highest BCUT2D eigenvalue weighted by atomic mass is 35.5. The molecule has 2 heterocycles. The summed E-state index contributed by atoms with van der Waals surface area (Å²) in [7, 11) is 0. The van der Waals surface area contributed by atoms with E-state index in [0.717, 1.165) is 36.9 Å². The lowest BCUT2D eigenvalue weighted by atomic mass is 9.69. The van der Waals surface area contributed by atoms with Crippen molar-refractivity contribution >= 4 is 11.6 Å². The maximum atomic E-state index is 6.18. The highest BCUT2D eigenvalue weighted by Crippen LogP contribution is 2.44. The van der Waals surface area contributed by atoms with Crippen molar-refractivity contribution in [1.82, 2.24) is 5.32 Å². The highest BCUT2D eigenvalue weighted by Gasteiger charge is 2.42. The van der Waals surface area contributed by atoms with Crippen LogP contribution >= 0.6 is 11.6 Å². The molecule has 1 N–H and O–H groups in total. The first kappa shape index (κ1) is 13.2. The van der Waals surface area contributed by atoms with E-state index < -0.39 is 0 Å². The van der Waals surface area contributed by atoms with Crippen molar-refractivity contribution in [2.45, 2.75) is 17.8 Å². The fraction of sp³-hybridized carbons (Fsp3) is 0.333. The summed E-state index contributed by atoms with van der Waals surface area (Å²) in [6, 6.07) is 16.7. The lowest BCUT2D eigenvalue weighted by Crippen LogP contribution is -2.57. The highest BCUT2D eigenvalue weighted by molar-refractivity contribution is 6.30. The Kier molecular flexibility index (Phi) is 3.16. The van der Waals surface area contributed by atoms with Gasteiger partial charge in [0.15, 0.2) is 0 Å². The van der Waals surface area contributed by atoms with Crippen molar-refractivity contribution in [3.8, 4) is 5.75 Å². The topological polar surface area (TPSA) is 21.3 Å². The summed E-state index contributed by atoms with van der Waals surface area (Å²) in [6.07, 6.45) is 1.11. The van der Waals surface area contributed by atoms with Crippen LogP contribution in [0.3, 0.4) is 0 Å². The average molecular weight is 300 g/mol. The van der Waals surface area contributed by atoms with Gasteiger partial charge in [-0.05, 0) is 30.2 Å². The minimum Gasteiger partial charge on any atom is -0.493 e. The van der Waals surface area contributed by atoms with Crippen molar-refractivity contribution in [1.29, 1.82) is 0 Å². The second-order valence-corrected chi connectivity index (χ2v) is 6.58. The molecule has 2 aliphatic heterocycles. The molecular weight excluding hydrogens is 282 g/mol. The molecule has 1 atom stereocenters. The Balaban J connectivity index is 1.64. The van der Waals surface area contributed by atoms with E-state index in [1.807, 2.05) is 12.1 Å². The number of hydrogen-bond donors (Lipinski definition) is 1. The molecule has 21 heavy (non-hydrogen) atoms. The molecule has 0 amide bonds. The standard InChI is InChI=1S/C18H18ClNO/c19-15-5-3-4-14(8-15)18(11-20-12-18)9-13-10-21-17-7-2-1-6-16(13)17/h1-8,13,20H,9-12H2. The quantitative estimate of drug-likeness (QED) is 0.932. The minimum absolute atomic E-state index is 0.191. The summed E-state index contributed by atoms with van der Waals surface area (Å²) in [5, 5.41) is 4.26. The van der Waals surface area contributed by atoms with Gasteiger partial charge in [-0.25, -0.2) is 0 Å². The van der Waals surface area contributed by atoms with Crippen molar-refractivity contribution < 1.29 is 4.74 Å². The lowest BCUT2D eigenvalue weighted by molar-refractivity contribution is 0.221. The predicted octanol–water partition coefficient (Wildman–Crippen LogP) is 3.75. The van der Waals surface area contributed by atoms with Crippen LogP contribution in [0.25, 0.3) is 0 Å². The summed E-state index contributed by atoms with van der Waals surface area (Å²) in [6.45, 7) is 2.83. The third kappa shape index (κ3) is 2.23. The number of rotatable bonds is 3. The summed E-state index contributed by atoms with van der Waals surface area (Å²) >= 11 is 6.18. The van der Waals surface area contributed by atoms with Gasteiger partial charge < -0.3 is 10.1 Å². The zero-order valence-electron chi connectivity index (χ0n) is 11.8. The van der Waals surface area contributed by atoms with Crippen LogP contribution in [0.15, 0.2) is 48.5 Å². The third-order valence-corrected chi connectivity index (χ3v) is 5.03. The average Bonchev–Trinajstić information content (AvgIpc) is 2.86. The molecule has 2 aliphatic rings. The molecule has 2 aromatic carbocycles. The van der Waals surface area contributed by atoms with E-state index in [2.05, 4.69) is 41.7 Å². The van der Waals surface area contributed by atoms with E-state index in [0.29, 0.717) is 5.92 Å². The normalized spacial score (nSPS) is 22.2. The Hall–Kier alpha value is -1.51. The molecule has 0 spiro atoms. The van der Waals surface area contributed by atoms with E-state index in [-0.39, 0.29) is 5.41 Å². The lowest BCUT2D eigenvalue weighted by Gasteiger charge is -2.45. The van der Waals surface area contributed by atoms with Crippen LogP contribution in [-0.2, 0) is 5.41 Å². The SMILES string of the molecule is Clc1cccc(C2(CC3COc4ccccc43)CNC2)c1. The molecule has 108 valence electrons. The van der Waals surface area contributed by atoms with Gasteiger partial charge in [-0.1, -0.05) is 41.9 Å². The van der Waals surface area contributed by atoms with Crippen molar-refractivity contribution in [3.05, 3.63) is 64.7 Å². The summed E-state index contributed by atoms with van der Waals surface area (Å²) in [5.41, 5.74) is 2.89. The molecule has 0 bridgehead atoms. The van der Waals surface area contributed by atoms with Crippen LogP contribution < -0.4 is 10.1 Å². The van der Waals surface area contributed by atoms with E-state index in [4.69, 9.17) is 16.3 Å². The van der Waals surface area contributed by atoms with Crippen LogP contribution in [0.2, 0.25) is 5.02 Å². The Morgan fingerprint density at radius 2 is 2.00 bits per heavy atom. The maximum Gasteiger partial charge on any atom is 0.122 e. The number of nitrogens with one attached hydrogen (secondary N) is 1. The molecule has 4 rings (SSSR count). The number of ether oxygens (including phenoxy) is 1. The molecule has 2 aromatic rings. The minimum atomic E-state index is 0.191. The van der Waals surface area contributed by atoms with Crippen LogP contribution in [0.1, 0.15) is 23.5 Å². The molecule has 1 saturated heterocycles. The smallest absolute Gasteiger partial charge is 0.122 e. The van der Waals surface area contributed by atoms with Gasteiger partial charge in [-0.15, -0.1) is 0 Å². The molecular formula is C18H18ClNO. The molecule has 2 nitrogen and oxygen atoms in total. The van der Waals surface area contributed by atoms with Crippen LogP contribution in [0.4, 0.5) is 0 Å². The fourth-order valence-corrected chi connectivity index (χ4v) is 3.77. The zero-order valence-corrected chi connectivity index (χ0v) is 12.6. The molecule has 1 fully saturated rings. The first-order valence-corrected chi connectivity index (χ1v) is 7.83. The Bertz CT molecular complexity index is 666. The molecule has 0 radical (unpaired) electrons. The number of para-hydroxylation sites is 1. The van der Waals surface area contributed by atoms with Gasteiger partial charge in [0.05, 0.1) is 6.61 Å². The Morgan fingerprint density at radius 3 is 2.76 bits per heavy atom. The van der Waals surface area contributed by atoms with Gasteiger partial charge in [0.1, 0.15) is 5.75 Å². The molecule has 1 unspecified atom stereocenters. The van der Waals surface area contributed by atoms with Gasteiger partial charge in [0.2, 0.25) is 0 Å². The second-order valence-electron chi connectivity index (χ2n) is 6.14. The number of hydrogen-bond acceptors (Lipinski definition) is 2. The first-order valence-electron chi connectivity index (χ1n) is 7.45. The molecule has 0 aliphatic carbocycles. The van der Waals surface area contributed by atoms with Crippen LogP contribution in [0, 0.1) is 0 Å². The van der Waals surface area contributed by atoms with E-state index in [9.17, 15) is 0 Å². The monoisotopic (exact) mass is 299 g/mol. The van der Waals surface area contributed by atoms with Crippen molar-refractivity contribution in [3.63, 3.8) is 0 Å². The van der Waals surface area contributed by atoms with Gasteiger partial charge in [0, 0.05) is 35.0 Å². The first-order chi connectivity index (χ1) is 10.3. The van der Waals surface area contributed by atoms with E-state index in [1.54, 1.807) is 0 Å². The van der Waals surface area contributed by atoms with Crippen LogP contribution in [0.5, 0.6) is 5.75 Å². The number of fused-ring (bicyclic) bond motifs is 1. The predicted molar refractivity (Wildman–Crippen MR) is 85.3 cm³/mol. The van der Waals surface area contributed by atoms with Gasteiger partial charge >= 0.3 is 0 Å². The van der Waals surface area contributed by atoms with Gasteiger partial charge in [0.25, 0.3) is 0 Å². The molecule has 0 saturated carbocycles. The molecule has 3 heteroatoms. The third-order valence-electron chi connectivity index (χ3n) is 4.80. The van der Waals surface area contributed by atoms with Crippen molar-refractivity contribution in [2.24, 2.45) is 0 Å².